The minimum Gasteiger partial charge on any atom is -0.344 e. The van der Waals surface area contributed by atoms with Crippen LogP contribution in [0.25, 0.3) is 11.3 Å². The molecule has 1 N–H and O–H groups in total. The van der Waals surface area contributed by atoms with Crippen LogP contribution in [0, 0.1) is 17.1 Å². The highest BCUT2D eigenvalue weighted by atomic mass is 19.1. The van der Waals surface area contributed by atoms with Gasteiger partial charge in [-0.15, -0.1) is 0 Å². The number of fused-ring (bicyclic) bond motifs is 1. The van der Waals surface area contributed by atoms with Crippen molar-refractivity contribution >= 4 is 5.91 Å². The molecule has 5 rings (SSSR count). The number of pyridine rings is 1. The van der Waals surface area contributed by atoms with E-state index in [4.69, 9.17) is 5.26 Å². The minimum absolute atomic E-state index is 0.123. The van der Waals surface area contributed by atoms with Gasteiger partial charge < -0.3 is 5.32 Å². The monoisotopic (exact) mass is 387 g/mol. The maximum absolute atomic E-state index is 13.7. The number of nitrogens with one attached hydrogen (secondary N) is 1. The first-order valence-corrected chi connectivity index (χ1v) is 9.66. The average molecular weight is 387 g/mol. The fraction of sp³-hybridized carbons (Fsp3) is 0.273. The third-order valence-corrected chi connectivity index (χ3v) is 5.46. The molecule has 29 heavy (non-hydrogen) atoms. The fourth-order valence-corrected chi connectivity index (χ4v) is 3.81. The van der Waals surface area contributed by atoms with Crippen molar-refractivity contribution in [1.29, 1.82) is 5.26 Å². The first kappa shape index (κ1) is 17.6. The summed E-state index contributed by atoms with van der Waals surface area (Å²) in [5.74, 6) is -0.430. The number of hydrogen-bond donors (Lipinski definition) is 1. The van der Waals surface area contributed by atoms with E-state index in [1.54, 1.807) is 0 Å². The highest BCUT2D eigenvalue weighted by molar-refractivity contribution is 5.94. The molecule has 1 saturated carbocycles. The quantitative estimate of drug-likeness (QED) is 0.740. The van der Waals surface area contributed by atoms with Crippen LogP contribution < -0.4 is 5.32 Å². The lowest BCUT2D eigenvalue weighted by molar-refractivity contribution is 0.0936. The molecule has 3 heterocycles. The highest BCUT2D eigenvalue weighted by Gasteiger charge is 2.28. The van der Waals surface area contributed by atoms with E-state index in [2.05, 4.69) is 21.5 Å². The lowest BCUT2D eigenvalue weighted by atomic mass is 10.1. The molecule has 1 amide bonds. The van der Waals surface area contributed by atoms with E-state index in [0.29, 0.717) is 12.5 Å². The number of amides is 1. The van der Waals surface area contributed by atoms with Gasteiger partial charge in [0, 0.05) is 35.5 Å². The van der Waals surface area contributed by atoms with Crippen LogP contribution in [0.3, 0.4) is 0 Å². The Balaban J connectivity index is 1.38. The van der Waals surface area contributed by atoms with Crippen molar-refractivity contribution in [3.05, 3.63) is 70.9 Å². The van der Waals surface area contributed by atoms with Gasteiger partial charge in [0.25, 0.3) is 5.91 Å². The van der Waals surface area contributed by atoms with Gasteiger partial charge in [0.2, 0.25) is 0 Å². The van der Waals surface area contributed by atoms with Gasteiger partial charge in [0.15, 0.2) is 0 Å². The maximum Gasteiger partial charge on any atom is 0.251 e. The maximum atomic E-state index is 13.7. The number of nitrogens with zero attached hydrogens (tertiary/aromatic N) is 4. The Morgan fingerprint density at radius 3 is 2.86 bits per heavy atom. The molecule has 0 radical (unpaired) electrons. The molecule has 2 aliphatic rings. The van der Waals surface area contributed by atoms with Gasteiger partial charge in [-0.05, 0) is 55.7 Å². The summed E-state index contributed by atoms with van der Waals surface area (Å²) < 4.78 is 15.6. The van der Waals surface area contributed by atoms with Crippen LogP contribution in [0.15, 0.2) is 42.6 Å². The summed E-state index contributed by atoms with van der Waals surface area (Å²) in [4.78, 5) is 17.1. The first-order chi connectivity index (χ1) is 14.1. The van der Waals surface area contributed by atoms with E-state index in [1.165, 1.54) is 18.9 Å². The molecule has 144 valence electrons. The van der Waals surface area contributed by atoms with Gasteiger partial charge in [-0.1, -0.05) is 0 Å². The van der Waals surface area contributed by atoms with Crippen molar-refractivity contribution < 1.29 is 9.18 Å². The molecule has 1 fully saturated rings. The molecular formula is C22H18FN5O. The van der Waals surface area contributed by atoms with E-state index in [0.717, 1.165) is 41.2 Å². The number of rotatable bonds is 4. The SMILES string of the molecule is N#Cc1cc(F)cc(C(=O)N[C@@H]2CCn3nc(-c4ccnc(C5CC5)c4)cc32)c1. The topological polar surface area (TPSA) is 83.6 Å². The second-order valence-electron chi connectivity index (χ2n) is 7.58. The molecular weight excluding hydrogens is 369 g/mol. The number of carbonyl (C=O) groups excluding carboxylic acids is 1. The Hall–Kier alpha value is -3.53. The predicted molar refractivity (Wildman–Crippen MR) is 103 cm³/mol. The summed E-state index contributed by atoms with van der Waals surface area (Å²) in [6.07, 6.45) is 4.93. The summed E-state index contributed by atoms with van der Waals surface area (Å²) in [5, 5.41) is 16.6. The summed E-state index contributed by atoms with van der Waals surface area (Å²) >= 11 is 0. The number of carbonyl (C=O) groups is 1. The van der Waals surface area contributed by atoms with Crippen LogP contribution in [0.5, 0.6) is 0 Å². The minimum atomic E-state index is -0.600. The van der Waals surface area contributed by atoms with Crippen LogP contribution >= 0.6 is 0 Å². The van der Waals surface area contributed by atoms with E-state index < -0.39 is 11.7 Å². The summed E-state index contributed by atoms with van der Waals surface area (Å²) in [5.41, 5.74) is 4.19. The Morgan fingerprint density at radius 1 is 1.21 bits per heavy atom. The number of nitriles is 1. The lowest BCUT2D eigenvalue weighted by Crippen LogP contribution is -2.27. The van der Waals surface area contributed by atoms with Crippen molar-refractivity contribution in [2.75, 3.05) is 0 Å². The zero-order valence-electron chi connectivity index (χ0n) is 15.6. The number of hydrogen-bond acceptors (Lipinski definition) is 4. The first-order valence-electron chi connectivity index (χ1n) is 9.66. The number of halogens is 1. The van der Waals surface area contributed by atoms with Crippen LogP contribution in [0.4, 0.5) is 4.39 Å². The Labute approximate surface area is 167 Å². The zero-order chi connectivity index (χ0) is 20.0. The molecule has 7 heteroatoms. The molecule has 6 nitrogen and oxygen atoms in total. The molecule has 1 aliphatic heterocycles. The van der Waals surface area contributed by atoms with Crippen LogP contribution in [-0.4, -0.2) is 20.7 Å². The molecule has 1 atom stereocenters. The van der Waals surface area contributed by atoms with Crippen molar-refractivity contribution in [2.45, 2.75) is 37.8 Å². The lowest BCUT2D eigenvalue weighted by Gasteiger charge is -2.12. The van der Waals surface area contributed by atoms with E-state index in [1.807, 2.05) is 29.1 Å². The average Bonchev–Trinajstić information content (AvgIpc) is 3.40. The van der Waals surface area contributed by atoms with Gasteiger partial charge in [-0.2, -0.15) is 10.4 Å². The van der Waals surface area contributed by atoms with E-state index >= 15 is 0 Å². The second-order valence-corrected chi connectivity index (χ2v) is 7.58. The number of aromatic nitrogens is 3. The van der Waals surface area contributed by atoms with Crippen LogP contribution in [0.1, 0.15) is 58.5 Å². The largest absolute Gasteiger partial charge is 0.344 e. The van der Waals surface area contributed by atoms with Gasteiger partial charge >= 0.3 is 0 Å². The van der Waals surface area contributed by atoms with Gasteiger partial charge in [-0.3, -0.25) is 14.5 Å². The molecule has 0 unspecified atom stereocenters. The summed E-state index contributed by atoms with van der Waals surface area (Å²) in [7, 11) is 0. The van der Waals surface area contributed by atoms with Crippen molar-refractivity contribution in [3.63, 3.8) is 0 Å². The third kappa shape index (κ3) is 3.38. The Kier molecular flexibility index (Phi) is 4.13. The molecule has 1 aromatic carbocycles. The Morgan fingerprint density at radius 2 is 2.07 bits per heavy atom. The van der Waals surface area contributed by atoms with Gasteiger partial charge in [-0.25, -0.2) is 4.39 Å². The van der Waals surface area contributed by atoms with Crippen molar-refractivity contribution in [1.82, 2.24) is 20.1 Å². The summed E-state index contributed by atoms with van der Waals surface area (Å²) in [6, 6.07) is 11.4. The Bertz CT molecular complexity index is 1160. The third-order valence-electron chi connectivity index (χ3n) is 5.46. The second kappa shape index (κ2) is 6.82. The normalized spacial score (nSPS) is 17.6. The summed E-state index contributed by atoms with van der Waals surface area (Å²) in [6.45, 7) is 0.702. The number of benzene rings is 1. The zero-order valence-corrected chi connectivity index (χ0v) is 15.6. The van der Waals surface area contributed by atoms with Crippen LogP contribution in [0.2, 0.25) is 0 Å². The standard InChI is InChI=1S/C22H18FN5O/c23-17-8-13(12-24)7-16(9-17)22(29)26-18-4-6-28-21(18)11-20(27-28)15-3-5-25-19(10-15)14-1-2-14/h3,5,7-11,14,18H,1-2,4,6H2,(H,26,29)/t18-/m1/s1. The van der Waals surface area contributed by atoms with Crippen molar-refractivity contribution in [3.8, 4) is 17.3 Å². The smallest absolute Gasteiger partial charge is 0.251 e. The molecule has 3 aromatic rings. The van der Waals surface area contributed by atoms with Gasteiger partial charge in [0.05, 0.1) is 29.1 Å². The molecule has 0 bridgehead atoms. The molecule has 1 aliphatic carbocycles. The van der Waals surface area contributed by atoms with Gasteiger partial charge in [0.1, 0.15) is 5.82 Å². The molecule has 0 spiro atoms. The highest BCUT2D eigenvalue weighted by Crippen LogP contribution is 2.40. The fourth-order valence-electron chi connectivity index (χ4n) is 3.81. The van der Waals surface area contributed by atoms with Crippen molar-refractivity contribution in [2.24, 2.45) is 0 Å². The van der Waals surface area contributed by atoms with E-state index in [9.17, 15) is 9.18 Å². The van der Waals surface area contributed by atoms with Crippen LogP contribution in [-0.2, 0) is 6.54 Å². The van der Waals surface area contributed by atoms with E-state index in [-0.39, 0.29) is 17.2 Å². The number of aryl methyl sites for hydroxylation is 1. The molecule has 2 aromatic heterocycles. The predicted octanol–water partition coefficient (Wildman–Crippen LogP) is 3.71. The molecule has 0 saturated heterocycles.